The molecule has 27 heavy (non-hydrogen) atoms. The Morgan fingerprint density at radius 2 is 2.11 bits per heavy atom. The van der Waals surface area contributed by atoms with E-state index in [-0.39, 0.29) is 31.2 Å². The van der Waals surface area contributed by atoms with Crippen LogP contribution in [0.2, 0.25) is 0 Å². The molecule has 1 aromatic carbocycles. The lowest BCUT2D eigenvalue weighted by Crippen LogP contribution is -2.27. The van der Waals surface area contributed by atoms with Gasteiger partial charge in [-0.25, -0.2) is 4.39 Å². The zero-order valence-electron chi connectivity index (χ0n) is 14.1. The second-order valence-electron chi connectivity index (χ2n) is 6.12. The van der Waals surface area contributed by atoms with Crippen molar-refractivity contribution in [2.24, 2.45) is 5.92 Å². The molecule has 8 heteroatoms. The van der Waals surface area contributed by atoms with Crippen molar-refractivity contribution >= 4 is 17.6 Å². The third-order valence-corrected chi connectivity index (χ3v) is 4.29. The molecule has 1 aliphatic heterocycles. The first-order valence-corrected chi connectivity index (χ1v) is 8.33. The van der Waals surface area contributed by atoms with Crippen molar-refractivity contribution in [1.82, 2.24) is 5.16 Å². The highest BCUT2D eigenvalue weighted by Gasteiger charge is 2.37. The Morgan fingerprint density at radius 1 is 1.26 bits per heavy atom. The second kappa shape index (κ2) is 7.06. The van der Waals surface area contributed by atoms with Crippen LogP contribution >= 0.6 is 0 Å². The molecule has 3 heterocycles. The van der Waals surface area contributed by atoms with Crippen LogP contribution in [0.4, 0.5) is 10.1 Å². The molecule has 4 rings (SSSR count). The zero-order chi connectivity index (χ0) is 18.8. The van der Waals surface area contributed by atoms with E-state index in [2.05, 4.69) is 5.16 Å². The maximum absolute atomic E-state index is 13.9. The van der Waals surface area contributed by atoms with Gasteiger partial charge in [-0.1, -0.05) is 17.3 Å². The molecule has 0 aliphatic carbocycles. The number of carbonyl (C=O) groups excluding carboxylic acids is 2. The molecule has 1 saturated heterocycles. The monoisotopic (exact) mass is 370 g/mol. The molecule has 0 radical (unpaired) electrons. The van der Waals surface area contributed by atoms with Crippen molar-refractivity contribution in [3.63, 3.8) is 0 Å². The lowest BCUT2D eigenvalue weighted by atomic mass is 10.1. The number of anilines is 1. The summed E-state index contributed by atoms with van der Waals surface area (Å²) in [5.41, 5.74) is 0.586. The van der Waals surface area contributed by atoms with Crippen LogP contribution in [0.15, 0.2) is 57.7 Å². The van der Waals surface area contributed by atoms with Gasteiger partial charge in [0.15, 0.2) is 5.76 Å². The van der Waals surface area contributed by atoms with E-state index in [4.69, 9.17) is 13.7 Å². The normalized spacial score (nSPS) is 16.7. The third kappa shape index (κ3) is 3.46. The highest BCUT2D eigenvalue weighted by Crippen LogP contribution is 2.28. The highest BCUT2D eigenvalue weighted by molar-refractivity contribution is 5.99. The molecule has 138 valence electrons. The number of benzene rings is 1. The molecule has 0 unspecified atom stereocenters. The molecule has 0 spiro atoms. The van der Waals surface area contributed by atoms with Crippen LogP contribution in [0.1, 0.15) is 12.1 Å². The minimum absolute atomic E-state index is 0.0242. The maximum atomic E-state index is 13.9. The molecule has 0 N–H and O–H groups in total. The van der Waals surface area contributed by atoms with Crippen molar-refractivity contribution < 1.29 is 27.7 Å². The van der Waals surface area contributed by atoms with Gasteiger partial charge in [-0.05, 0) is 24.3 Å². The van der Waals surface area contributed by atoms with Crippen LogP contribution < -0.4 is 4.90 Å². The van der Waals surface area contributed by atoms with Gasteiger partial charge < -0.3 is 18.6 Å². The molecule has 1 aliphatic rings. The van der Waals surface area contributed by atoms with Crippen molar-refractivity contribution in [3.05, 3.63) is 60.2 Å². The third-order valence-electron chi connectivity index (χ3n) is 4.29. The molecule has 1 fully saturated rings. The number of halogens is 1. The van der Waals surface area contributed by atoms with Crippen molar-refractivity contribution in [1.29, 1.82) is 0 Å². The van der Waals surface area contributed by atoms with E-state index in [1.807, 2.05) is 0 Å². The number of para-hydroxylation sites is 1. The summed E-state index contributed by atoms with van der Waals surface area (Å²) >= 11 is 0. The summed E-state index contributed by atoms with van der Waals surface area (Å²) in [5.74, 6) is -1.08. The lowest BCUT2D eigenvalue weighted by Gasteiger charge is -2.17. The topological polar surface area (TPSA) is 85.8 Å². The Morgan fingerprint density at radius 3 is 2.89 bits per heavy atom. The summed E-state index contributed by atoms with van der Waals surface area (Å²) in [6, 6.07) is 11.0. The van der Waals surface area contributed by atoms with E-state index < -0.39 is 17.7 Å². The van der Waals surface area contributed by atoms with Crippen LogP contribution in [0.25, 0.3) is 11.5 Å². The van der Waals surface area contributed by atoms with Crippen molar-refractivity contribution in [2.75, 3.05) is 11.4 Å². The summed E-state index contributed by atoms with van der Waals surface area (Å²) in [4.78, 5) is 25.7. The minimum Gasteiger partial charge on any atom is -0.461 e. The van der Waals surface area contributed by atoms with E-state index in [0.717, 1.165) is 0 Å². The first-order valence-electron chi connectivity index (χ1n) is 8.33. The molecule has 1 atom stereocenters. The van der Waals surface area contributed by atoms with Gasteiger partial charge in [-0.3, -0.25) is 9.59 Å². The molecular weight excluding hydrogens is 355 g/mol. The first-order chi connectivity index (χ1) is 13.1. The van der Waals surface area contributed by atoms with E-state index in [9.17, 15) is 14.0 Å². The van der Waals surface area contributed by atoms with E-state index in [0.29, 0.717) is 17.2 Å². The summed E-state index contributed by atoms with van der Waals surface area (Å²) < 4.78 is 29.5. The zero-order valence-corrected chi connectivity index (χ0v) is 14.1. The Hall–Kier alpha value is -3.42. The molecule has 7 nitrogen and oxygen atoms in total. The smallest absolute Gasteiger partial charge is 0.311 e. The van der Waals surface area contributed by atoms with Crippen molar-refractivity contribution in [2.45, 2.75) is 13.0 Å². The van der Waals surface area contributed by atoms with Crippen LogP contribution in [-0.2, 0) is 20.9 Å². The molecule has 1 amide bonds. The Bertz CT molecular complexity index is 966. The number of carbonyl (C=O) groups is 2. The van der Waals surface area contributed by atoms with Crippen LogP contribution in [0, 0.1) is 11.7 Å². The van der Waals surface area contributed by atoms with Gasteiger partial charge in [0.25, 0.3) is 0 Å². The maximum Gasteiger partial charge on any atom is 0.311 e. The average molecular weight is 370 g/mol. The predicted molar refractivity (Wildman–Crippen MR) is 90.9 cm³/mol. The Kier molecular flexibility index (Phi) is 4.45. The first kappa shape index (κ1) is 17.0. The van der Waals surface area contributed by atoms with Crippen LogP contribution in [-0.4, -0.2) is 23.6 Å². The van der Waals surface area contributed by atoms with E-state index >= 15 is 0 Å². The fourth-order valence-electron chi connectivity index (χ4n) is 2.95. The number of nitrogens with zero attached hydrogens (tertiary/aromatic N) is 2. The van der Waals surface area contributed by atoms with Gasteiger partial charge in [-0.15, -0.1) is 0 Å². The summed E-state index contributed by atoms with van der Waals surface area (Å²) in [5, 5.41) is 3.82. The molecule has 0 bridgehead atoms. The number of furan rings is 1. The number of hydrogen-bond acceptors (Lipinski definition) is 6. The molecular formula is C19H15FN2O5. The van der Waals surface area contributed by atoms with Gasteiger partial charge in [0, 0.05) is 19.0 Å². The fraction of sp³-hybridized carbons (Fsp3) is 0.211. The molecule has 0 saturated carbocycles. The largest absolute Gasteiger partial charge is 0.461 e. The van der Waals surface area contributed by atoms with Crippen LogP contribution in [0.5, 0.6) is 0 Å². The fourth-order valence-corrected chi connectivity index (χ4v) is 2.95. The summed E-state index contributed by atoms with van der Waals surface area (Å²) in [6.45, 7) is -0.0114. The average Bonchev–Trinajstić information content (AvgIpc) is 3.40. The van der Waals surface area contributed by atoms with E-state index in [1.165, 1.54) is 23.3 Å². The molecule has 3 aromatic rings. The second-order valence-corrected chi connectivity index (χ2v) is 6.12. The Labute approximate surface area is 153 Å². The van der Waals surface area contributed by atoms with Gasteiger partial charge in [-0.2, -0.15) is 0 Å². The van der Waals surface area contributed by atoms with Gasteiger partial charge in [0.1, 0.15) is 18.1 Å². The summed E-state index contributed by atoms with van der Waals surface area (Å²) in [7, 11) is 0. The Balaban J connectivity index is 1.37. The SMILES string of the molecule is O=C(OCc1cc(-c2ccco2)on1)[C@@H]1CC(=O)N(c2ccccc2F)C1. The van der Waals surface area contributed by atoms with Gasteiger partial charge in [0.2, 0.25) is 11.7 Å². The number of rotatable bonds is 5. The molecule has 2 aromatic heterocycles. The van der Waals surface area contributed by atoms with Crippen LogP contribution in [0.3, 0.4) is 0 Å². The summed E-state index contributed by atoms with van der Waals surface area (Å²) in [6.07, 6.45) is 1.49. The van der Waals surface area contributed by atoms with E-state index in [1.54, 1.807) is 30.3 Å². The predicted octanol–water partition coefficient (Wildman–Crippen LogP) is 3.17. The highest BCUT2D eigenvalue weighted by atomic mass is 19.1. The quantitative estimate of drug-likeness (QED) is 0.641. The van der Waals surface area contributed by atoms with Gasteiger partial charge in [0.05, 0.1) is 17.9 Å². The van der Waals surface area contributed by atoms with Gasteiger partial charge >= 0.3 is 5.97 Å². The minimum atomic E-state index is -0.659. The number of ether oxygens (including phenoxy) is 1. The van der Waals surface area contributed by atoms with Crippen molar-refractivity contribution in [3.8, 4) is 11.5 Å². The number of amides is 1. The lowest BCUT2D eigenvalue weighted by molar-refractivity contribution is -0.149. The number of aromatic nitrogens is 1. The standard InChI is InChI=1S/C19H15FN2O5/c20-14-4-1-2-5-15(14)22-10-12(8-18(22)23)19(24)26-11-13-9-17(27-21-13)16-6-3-7-25-16/h1-7,9,12H,8,10-11H2/t12-/m1/s1. The number of esters is 1. The number of hydrogen-bond donors (Lipinski definition) is 0.